The van der Waals surface area contributed by atoms with Gasteiger partial charge in [0.2, 0.25) is 29.6 Å². The van der Waals surface area contributed by atoms with E-state index in [-0.39, 0.29) is 48.7 Å². The van der Waals surface area contributed by atoms with Crippen LogP contribution in [0.25, 0.3) is 11.3 Å². The number of carbonyl (C=O) groups excluding carboxylic acids is 5. The van der Waals surface area contributed by atoms with E-state index in [0.717, 1.165) is 84.7 Å². The maximum Gasteiger partial charge on any atom is 0.265 e. The van der Waals surface area contributed by atoms with Gasteiger partial charge in [0.25, 0.3) is 5.91 Å². The van der Waals surface area contributed by atoms with E-state index >= 15 is 0 Å². The number of halogens is 1. The van der Waals surface area contributed by atoms with Gasteiger partial charge in [0, 0.05) is 54.8 Å². The highest BCUT2D eigenvalue weighted by molar-refractivity contribution is 7.14. The molecular formula is C39H52ClN11O5S. The lowest BCUT2D eigenvalue weighted by atomic mass is 9.91. The number of amides is 5. The van der Waals surface area contributed by atoms with Gasteiger partial charge in [-0.05, 0) is 88.3 Å². The van der Waals surface area contributed by atoms with Crippen LogP contribution in [0.1, 0.15) is 96.4 Å². The lowest BCUT2D eigenvalue weighted by Gasteiger charge is -2.29. The molecule has 1 atom stereocenters. The molecule has 0 radical (unpaired) electrons. The zero-order valence-electron chi connectivity index (χ0n) is 32.3. The summed E-state index contributed by atoms with van der Waals surface area (Å²) in [6, 6.07) is 1.80. The minimum atomic E-state index is -0.631. The number of fused-ring (bicyclic) bond motifs is 1. The Morgan fingerprint density at radius 3 is 2.49 bits per heavy atom. The van der Waals surface area contributed by atoms with E-state index in [0.29, 0.717) is 55.0 Å². The van der Waals surface area contributed by atoms with Gasteiger partial charge in [-0.15, -0.1) is 11.3 Å². The zero-order chi connectivity index (χ0) is 39.9. The Kier molecular flexibility index (Phi) is 13.5. The standard InChI is InChI=1S/C39H52ClN11O5S/c1-50-31(15-23-5-6-23)28(18-46-50)35-29(40)19-45-39(49-35)47-26-9-7-25(8-10-26)43-21-34(54)42-14-4-2-3-13-41-20-33(53)44-17-27-16-24-22-51(38(56)36(24)57-27)30-11-12-32(52)48-37(30)55/h16,18-19,23,25-26,30,41,43H,2-15,17,20-22H2,1H3,(H,42,54)(H,44,53)(H,45,47,49)(H,48,52,55). The average Bonchev–Trinajstić information content (AvgIpc) is 3.71. The molecule has 4 aliphatic rings. The molecule has 2 aliphatic carbocycles. The first-order valence-corrected chi connectivity index (χ1v) is 21.3. The highest BCUT2D eigenvalue weighted by Gasteiger charge is 2.40. The van der Waals surface area contributed by atoms with Crippen LogP contribution in [0.5, 0.6) is 0 Å². The summed E-state index contributed by atoms with van der Waals surface area (Å²) in [6.45, 7) is 2.44. The number of nitrogens with zero attached hydrogens (tertiary/aromatic N) is 5. The van der Waals surface area contributed by atoms with Gasteiger partial charge < -0.3 is 31.5 Å². The summed E-state index contributed by atoms with van der Waals surface area (Å²) in [4.78, 5) is 73.7. The van der Waals surface area contributed by atoms with Gasteiger partial charge in [-0.1, -0.05) is 18.0 Å². The van der Waals surface area contributed by atoms with Crippen molar-refractivity contribution in [3.8, 4) is 11.3 Å². The zero-order valence-corrected chi connectivity index (χ0v) is 33.9. The normalized spacial score (nSPS) is 20.7. The predicted molar refractivity (Wildman–Crippen MR) is 215 cm³/mol. The molecule has 0 aromatic carbocycles. The molecule has 1 saturated heterocycles. The number of carbonyl (C=O) groups is 5. The highest BCUT2D eigenvalue weighted by Crippen LogP contribution is 2.37. The van der Waals surface area contributed by atoms with Gasteiger partial charge in [-0.3, -0.25) is 34.0 Å². The molecule has 2 aliphatic heterocycles. The lowest BCUT2D eigenvalue weighted by molar-refractivity contribution is -0.137. The van der Waals surface area contributed by atoms with Gasteiger partial charge in [0.15, 0.2) is 0 Å². The van der Waals surface area contributed by atoms with Crippen LogP contribution in [-0.4, -0.2) is 98.5 Å². The van der Waals surface area contributed by atoms with Crippen molar-refractivity contribution in [2.45, 2.75) is 108 Å². The number of rotatable bonds is 19. The van der Waals surface area contributed by atoms with E-state index < -0.39 is 11.9 Å². The largest absolute Gasteiger partial charge is 0.355 e. The Hall–Kier alpha value is -4.45. The van der Waals surface area contributed by atoms with E-state index in [9.17, 15) is 24.0 Å². The van der Waals surface area contributed by atoms with Gasteiger partial charge in [-0.25, -0.2) is 9.97 Å². The van der Waals surface area contributed by atoms with Crippen LogP contribution >= 0.6 is 22.9 Å². The Morgan fingerprint density at radius 1 is 0.947 bits per heavy atom. The third kappa shape index (κ3) is 10.7. The number of hydrogen-bond acceptors (Lipinski definition) is 12. The summed E-state index contributed by atoms with van der Waals surface area (Å²) in [5.41, 5.74) is 3.70. The summed E-state index contributed by atoms with van der Waals surface area (Å²) in [7, 11) is 1.97. The molecule has 2 saturated carbocycles. The SMILES string of the molecule is Cn1ncc(-c2nc(NC3CCC(NCC(=O)NCCCCCNCC(=O)NCc4cc5c(s4)C(=O)N(C4CCC(=O)NC4=O)C5)CC3)ncc2Cl)c1CC1CC1. The highest BCUT2D eigenvalue weighted by atomic mass is 35.5. The molecule has 1 unspecified atom stereocenters. The Labute approximate surface area is 341 Å². The van der Waals surface area contributed by atoms with E-state index in [2.05, 4.69) is 42.0 Å². The Balaban J connectivity index is 0.701. The van der Waals surface area contributed by atoms with E-state index in [1.807, 2.05) is 24.0 Å². The second-order valence-electron chi connectivity index (χ2n) is 15.6. The number of thiophene rings is 1. The molecule has 6 N–H and O–H groups in total. The minimum absolute atomic E-state index is 0.00410. The third-order valence-electron chi connectivity index (χ3n) is 11.2. The fourth-order valence-corrected chi connectivity index (χ4v) is 9.03. The number of aryl methyl sites for hydroxylation is 1. The van der Waals surface area contributed by atoms with Gasteiger partial charge in [-0.2, -0.15) is 5.10 Å². The van der Waals surface area contributed by atoms with E-state index in [1.165, 1.54) is 29.1 Å². The van der Waals surface area contributed by atoms with Gasteiger partial charge in [0.05, 0.1) is 47.6 Å². The number of aromatic nitrogens is 4. The molecule has 5 heterocycles. The minimum Gasteiger partial charge on any atom is -0.355 e. The summed E-state index contributed by atoms with van der Waals surface area (Å²) in [5, 5.41) is 23.3. The molecule has 5 amide bonds. The number of nitrogens with one attached hydrogen (secondary N) is 6. The number of piperidine rings is 1. The molecule has 3 aromatic rings. The van der Waals surface area contributed by atoms with Crippen LogP contribution in [0.2, 0.25) is 5.02 Å². The molecule has 3 fully saturated rings. The summed E-state index contributed by atoms with van der Waals surface area (Å²) in [6.07, 6.45) is 14.0. The molecule has 16 nitrogen and oxygen atoms in total. The molecule has 3 aromatic heterocycles. The number of hydrogen-bond donors (Lipinski definition) is 6. The van der Waals surface area contributed by atoms with Crippen LogP contribution in [0.15, 0.2) is 18.5 Å². The van der Waals surface area contributed by atoms with Crippen LogP contribution in [-0.2, 0) is 45.7 Å². The summed E-state index contributed by atoms with van der Waals surface area (Å²) >= 11 is 7.88. The lowest BCUT2D eigenvalue weighted by Crippen LogP contribution is -2.52. The first kappa shape index (κ1) is 40.7. The molecule has 57 heavy (non-hydrogen) atoms. The van der Waals surface area contributed by atoms with Crippen LogP contribution in [0, 0.1) is 5.92 Å². The van der Waals surface area contributed by atoms with Crippen molar-refractivity contribution in [1.29, 1.82) is 0 Å². The Morgan fingerprint density at radius 2 is 1.72 bits per heavy atom. The smallest absolute Gasteiger partial charge is 0.265 e. The molecule has 18 heteroatoms. The maximum absolute atomic E-state index is 12.9. The number of unbranched alkanes of at least 4 members (excludes halogenated alkanes) is 2. The van der Waals surface area contributed by atoms with Crippen LogP contribution < -0.4 is 31.9 Å². The first-order chi connectivity index (χ1) is 27.6. The molecule has 0 bridgehead atoms. The van der Waals surface area contributed by atoms with Crippen LogP contribution in [0.4, 0.5) is 5.95 Å². The van der Waals surface area contributed by atoms with Gasteiger partial charge >= 0.3 is 0 Å². The average molecular weight is 822 g/mol. The van der Waals surface area contributed by atoms with Crippen molar-refractivity contribution in [2.24, 2.45) is 13.0 Å². The topological polar surface area (TPSA) is 204 Å². The van der Waals surface area contributed by atoms with Crippen molar-refractivity contribution in [3.05, 3.63) is 44.5 Å². The first-order valence-electron chi connectivity index (χ1n) is 20.1. The van der Waals surface area contributed by atoms with E-state index in [1.54, 1.807) is 6.20 Å². The van der Waals surface area contributed by atoms with Crippen molar-refractivity contribution < 1.29 is 24.0 Å². The number of imide groups is 1. The van der Waals surface area contributed by atoms with Crippen LogP contribution in [0.3, 0.4) is 0 Å². The fourth-order valence-electron chi connectivity index (χ4n) is 7.77. The quantitative estimate of drug-likeness (QED) is 0.0767. The van der Waals surface area contributed by atoms with Crippen molar-refractivity contribution in [2.75, 3.05) is 31.5 Å². The molecule has 7 rings (SSSR count). The fraction of sp³-hybridized carbons (Fsp3) is 0.590. The second-order valence-corrected chi connectivity index (χ2v) is 17.1. The van der Waals surface area contributed by atoms with E-state index in [4.69, 9.17) is 16.6 Å². The third-order valence-corrected chi connectivity index (χ3v) is 12.6. The monoisotopic (exact) mass is 821 g/mol. The number of anilines is 1. The van der Waals surface area contributed by atoms with Gasteiger partial charge in [0.1, 0.15) is 6.04 Å². The Bertz CT molecular complexity index is 1960. The van der Waals surface area contributed by atoms with Crippen molar-refractivity contribution in [1.82, 2.24) is 51.2 Å². The maximum atomic E-state index is 12.9. The van der Waals surface area contributed by atoms with Crippen molar-refractivity contribution in [3.63, 3.8) is 0 Å². The summed E-state index contributed by atoms with van der Waals surface area (Å²) < 4.78 is 1.93. The summed E-state index contributed by atoms with van der Waals surface area (Å²) in [5.74, 6) is 0.215. The molecule has 306 valence electrons. The predicted octanol–water partition coefficient (Wildman–Crippen LogP) is 2.81. The molecule has 0 spiro atoms. The molecular weight excluding hydrogens is 770 g/mol. The second kappa shape index (κ2) is 18.9. The van der Waals surface area contributed by atoms with Crippen molar-refractivity contribution >= 4 is 58.4 Å².